The van der Waals surface area contributed by atoms with Crippen LogP contribution in [0.2, 0.25) is 0 Å². The Morgan fingerprint density at radius 3 is 2.90 bits per heavy atom. The molecule has 1 unspecified atom stereocenters. The van der Waals surface area contributed by atoms with Crippen molar-refractivity contribution in [2.24, 2.45) is 13.0 Å². The molecule has 3 aromatic rings. The van der Waals surface area contributed by atoms with Crippen molar-refractivity contribution >= 4 is 17.4 Å². The van der Waals surface area contributed by atoms with Crippen LogP contribution in [0.25, 0.3) is 5.65 Å². The van der Waals surface area contributed by atoms with E-state index in [2.05, 4.69) is 10.4 Å². The predicted octanol–water partition coefficient (Wildman–Crippen LogP) is 2.44. The van der Waals surface area contributed by atoms with Crippen molar-refractivity contribution in [1.29, 1.82) is 0 Å². The van der Waals surface area contributed by atoms with E-state index >= 15 is 0 Å². The van der Waals surface area contributed by atoms with Crippen LogP contribution in [-0.2, 0) is 7.05 Å². The lowest BCUT2D eigenvalue weighted by Crippen LogP contribution is -2.34. The Labute approximate surface area is 178 Å². The second kappa shape index (κ2) is 7.47. The van der Waals surface area contributed by atoms with Gasteiger partial charge in [0.25, 0.3) is 11.5 Å². The monoisotopic (exact) mass is 424 g/mol. The standard InChI is InChI=1S/C22H25FN6O2/c1-13(14-5-6-14)25-21(30)17-11-24-29-9-7-19(26-20(17)29)28-8-3-4-18(28)16-10-15(23)12-27(2)22(16)31/h7,9-14,18H,3-6,8H2,1-2H3,(H,25,30)/t13-,18?/m1/s1. The summed E-state index contributed by atoms with van der Waals surface area (Å²) in [6.45, 7) is 2.72. The van der Waals surface area contributed by atoms with E-state index in [9.17, 15) is 14.0 Å². The molecule has 31 heavy (non-hydrogen) atoms. The Morgan fingerprint density at radius 2 is 2.13 bits per heavy atom. The number of pyridine rings is 1. The van der Waals surface area contributed by atoms with E-state index in [1.165, 1.54) is 23.0 Å². The summed E-state index contributed by atoms with van der Waals surface area (Å²) < 4.78 is 16.9. The van der Waals surface area contributed by atoms with E-state index in [4.69, 9.17) is 4.98 Å². The molecule has 1 saturated heterocycles. The largest absolute Gasteiger partial charge is 0.349 e. The Hall–Kier alpha value is -3.23. The molecule has 0 bridgehead atoms. The molecular weight excluding hydrogens is 399 g/mol. The molecule has 3 aromatic heterocycles. The topological polar surface area (TPSA) is 84.5 Å². The number of carbonyl (C=O) groups excluding carboxylic acids is 1. The van der Waals surface area contributed by atoms with Gasteiger partial charge in [0.1, 0.15) is 17.2 Å². The van der Waals surface area contributed by atoms with Crippen LogP contribution in [0.1, 0.15) is 54.6 Å². The number of aryl methyl sites for hydroxylation is 1. The summed E-state index contributed by atoms with van der Waals surface area (Å²) in [4.78, 5) is 32.2. The van der Waals surface area contributed by atoms with E-state index in [0.29, 0.717) is 35.1 Å². The lowest BCUT2D eigenvalue weighted by molar-refractivity contribution is 0.0937. The fourth-order valence-electron chi connectivity index (χ4n) is 4.48. The first-order valence-corrected chi connectivity index (χ1v) is 10.7. The minimum absolute atomic E-state index is 0.123. The third kappa shape index (κ3) is 3.58. The van der Waals surface area contributed by atoms with Crippen LogP contribution in [0.4, 0.5) is 10.2 Å². The number of anilines is 1. The van der Waals surface area contributed by atoms with Crippen LogP contribution in [0.15, 0.2) is 35.5 Å². The molecule has 8 nitrogen and oxygen atoms in total. The molecule has 5 rings (SSSR count). The normalized spacial score (nSPS) is 19.7. The van der Waals surface area contributed by atoms with Crippen molar-refractivity contribution < 1.29 is 9.18 Å². The third-order valence-corrected chi connectivity index (χ3v) is 6.37. The van der Waals surface area contributed by atoms with Gasteiger partial charge in [-0.05, 0) is 50.7 Å². The minimum Gasteiger partial charge on any atom is -0.349 e. The quantitative estimate of drug-likeness (QED) is 0.680. The summed E-state index contributed by atoms with van der Waals surface area (Å²) in [6, 6.07) is 2.99. The Morgan fingerprint density at radius 1 is 1.32 bits per heavy atom. The summed E-state index contributed by atoms with van der Waals surface area (Å²) in [5.74, 6) is 0.572. The zero-order valence-electron chi connectivity index (χ0n) is 17.6. The third-order valence-electron chi connectivity index (χ3n) is 6.37. The predicted molar refractivity (Wildman–Crippen MR) is 114 cm³/mol. The summed E-state index contributed by atoms with van der Waals surface area (Å²) in [5, 5.41) is 7.31. The molecule has 9 heteroatoms. The summed E-state index contributed by atoms with van der Waals surface area (Å²) in [5.41, 5.74) is 1.10. The maximum absolute atomic E-state index is 14.0. The van der Waals surface area contributed by atoms with Gasteiger partial charge in [0.2, 0.25) is 0 Å². The Bertz CT molecular complexity index is 1210. The smallest absolute Gasteiger partial charge is 0.256 e. The first kappa shape index (κ1) is 19.7. The highest BCUT2D eigenvalue weighted by molar-refractivity contribution is 5.99. The number of amides is 1. The molecule has 1 amide bonds. The molecule has 2 aliphatic rings. The molecule has 1 aliphatic heterocycles. The van der Waals surface area contributed by atoms with Gasteiger partial charge in [0, 0.05) is 37.6 Å². The van der Waals surface area contributed by atoms with Crippen molar-refractivity contribution in [2.45, 2.75) is 44.7 Å². The molecule has 1 aliphatic carbocycles. The number of carbonyl (C=O) groups is 1. The van der Waals surface area contributed by atoms with Crippen molar-refractivity contribution in [3.63, 3.8) is 0 Å². The first-order chi connectivity index (χ1) is 14.9. The second-order valence-corrected chi connectivity index (χ2v) is 8.59. The maximum Gasteiger partial charge on any atom is 0.256 e. The van der Waals surface area contributed by atoms with Gasteiger partial charge in [-0.1, -0.05) is 0 Å². The summed E-state index contributed by atoms with van der Waals surface area (Å²) in [7, 11) is 1.55. The zero-order chi connectivity index (χ0) is 21.7. The molecule has 0 aromatic carbocycles. The maximum atomic E-state index is 14.0. The molecule has 2 atom stereocenters. The van der Waals surface area contributed by atoms with Crippen LogP contribution in [0.5, 0.6) is 0 Å². The molecule has 1 N–H and O–H groups in total. The molecule has 2 fully saturated rings. The van der Waals surface area contributed by atoms with Gasteiger partial charge in [-0.2, -0.15) is 5.10 Å². The van der Waals surface area contributed by atoms with Gasteiger partial charge >= 0.3 is 0 Å². The SMILES string of the molecule is C[C@@H](NC(=O)c1cnn2ccc(N3CCCC3c3cc(F)cn(C)c3=O)nc12)C1CC1. The first-order valence-electron chi connectivity index (χ1n) is 10.7. The van der Waals surface area contributed by atoms with Gasteiger partial charge in [-0.3, -0.25) is 9.59 Å². The number of hydrogen-bond donors (Lipinski definition) is 1. The molecule has 4 heterocycles. The van der Waals surface area contributed by atoms with Crippen molar-refractivity contribution in [2.75, 3.05) is 11.4 Å². The number of nitrogens with zero attached hydrogens (tertiary/aromatic N) is 5. The lowest BCUT2D eigenvalue weighted by atomic mass is 10.1. The van der Waals surface area contributed by atoms with Crippen LogP contribution < -0.4 is 15.8 Å². The summed E-state index contributed by atoms with van der Waals surface area (Å²) >= 11 is 0. The van der Waals surface area contributed by atoms with Crippen LogP contribution in [0, 0.1) is 11.7 Å². The molecule has 1 saturated carbocycles. The Balaban J connectivity index is 1.48. The van der Waals surface area contributed by atoms with Gasteiger partial charge in [0.15, 0.2) is 5.65 Å². The average Bonchev–Trinajstić information content (AvgIpc) is 3.33. The highest BCUT2D eigenvalue weighted by Gasteiger charge is 2.32. The number of rotatable bonds is 5. The summed E-state index contributed by atoms with van der Waals surface area (Å²) in [6.07, 6.45) is 8.38. The van der Waals surface area contributed by atoms with E-state index in [1.54, 1.807) is 17.8 Å². The fraction of sp³-hybridized carbons (Fsp3) is 0.455. The molecule has 162 valence electrons. The van der Waals surface area contributed by atoms with Crippen LogP contribution in [-0.4, -0.2) is 37.7 Å². The van der Waals surface area contributed by atoms with Gasteiger partial charge < -0.3 is 14.8 Å². The molecule has 0 radical (unpaired) electrons. The van der Waals surface area contributed by atoms with Gasteiger partial charge in [-0.15, -0.1) is 0 Å². The zero-order valence-corrected chi connectivity index (χ0v) is 17.6. The number of fused-ring (bicyclic) bond motifs is 1. The van der Waals surface area contributed by atoms with Crippen LogP contribution >= 0.6 is 0 Å². The lowest BCUT2D eigenvalue weighted by Gasteiger charge is -2.26. The average molecular weight is 424 g/mol. The fourth-order valence-corrected chi connectivity index (χ4v) is 4.48. The molecule has 0 spiro atoms. The second-order valence-electron chi connectivity index (χ2n) is 8.59. The highest BCUT2D eigenvalue weighted by atomic mass is 19.1. The van der Waals surface area contributed by atoms with E-state index in [0.717, 1.165) is 25.7 Å². The van der Waals surface area contributed by atoms with E-state index < -0.39 is 5.82 Å². The number of hydrogen-bond acceptors (Lipinski definition) is 5. The van der Waals surface area contributed by atoms with Gasteiger partial charge in [0.05, 0.1) is 12.2 Å². The van der Waals surface area contributed by atoms with Gasteiger partial charge in [-0.25, -0.2) is 13.9 Å². The van der Waals surface area contributed by atoms with E-state index in [1.807, 2.05) is 17.9 Å². The number of aromatic nitrogens is 4. The van der Waals surface area contributed by atoms with Crippen molar-refractivity contribution in [1.82, 2.24) is 24.5 Å². The minimum atomic E-state index is -0.438. The number of nitrogens with one attached hydrogen (secondary N) is 1. The Kier molecular flexibility index (Phi) is 4.75. The molecular formula is C22H25FN6O2. The highest BCUT2D eigenvalue weighted by Crippen LogP contribution is 2.35. The van der Waals surface area contributed by atoms with E-state index in [-0.39, 0.29) is 23.6 Å². The van der Waals surface area contributed by atoms with Crippen molar-refractivity contribution in [3.8, 4) is 0 Å². The number of halogens is 1. The van der Waals surface area contributed by atoms with Crippen molar-refractivity contribution in [3.05, 3.63) is 58.0 Å². The van der Waals surface area contributed by atoms with Crippen LogP contribution in [0.3, 0.4) is 0 Å².